The Hall–Kier alpha value is -2.71. The molecule has 0 aliphatic rings. The molecule has 0 aliphatic heterocycles. The van der Waals surface area contributed by atoms with E-state index in [0.717, 1.165) is 12.1 Å². The van der Waals surface area contributed by atoms with Gasteiger partial charge in [-0.2, -0.15) is 0 Å². The van der Waals surface area contributed by atoms with Crippen LogP contribution in [-0.4, -0.2) is 30.1 Å². The number of carbonyl (C=O) groups excluding carboxylic acids is 1. The first-order valence-corrected chi connectivity index (χ1v) is 5.86. The van der Waals surface area contributed by atoms with Crippen LogP contribution in [0, 0.1) is 0 Å². The lowest BCUT2D eigenvalue weighted by Crippen LogP contribution is -2.35. The highest BCUT2D eigenvalue weighted by Crippen LogP contribution is 2.30. The van der Waals surface area contributed by atoms with Gasteiger partial charge >= 0.3 is 18.4 Å². The number of alkyl carbamates (subject to hydrolysis) is 1. The Balaban J connectivity index is 3.04. The normalized spacial score (nSPS) is 12.1. The van der Waals surface area contributed by atoms with Gasteiger partial charge in [-0.25, -0.2) is 9.59 Å². The number of carboxylic acid groups (broad SMARTS) is 1. The quantitative estimate of drug-likeness (QED) is 0.787. The standard InChI is InChI=1S/C13H12F3NO5/c1-2-7-21-12(20)17-10(11(18)19)8-5-3-4-6-9(8)22-13(14,15)16/h2-6,10H,1,7H2,(H,17,20)(H,18,19). The van der Waals surface area contributed by atoms with E-state index < -0.39 is 30.2 Å². The van der Waals surface area contributed by atoms with Gasteiger partial charge < -0.3 is 19.9 Å². The van der Waals surface area contributed by atoms with Gasteiger partial charge in [-0.05, 0) is 6.07 Å². The molecule has 0 bridgehead atoms. The molecule has 1 unspecified atom stereocenters. The Labute approximate surface area is 123 Å². The number of rotatable bonds is 6. The molecule has 22 heavy (non-hydrogen) atoms. The predicted molar refractivity (Wildman–Crippen MR) is 68.2 cm³/mol. The minimum absolute atomic E-state index is 0.182. The maximum absolute atomic E-state index is 12.3. The van der Waals surface area contributed by atoms with Crippen molar-refractivity contribution in [2.24, 2.45) is 0 Å². The molecular weight excluding hydrogens is 307 g/mol. The van der Waals surface area contributed by atoms with Gasteiger partial charge in [0.15, 0.2) is 6.04 Å². The summed E-state index contributed by atoms with van der Waals surface area (Å²) in [6.45, 7) is 3.11. The summed E-state index contributed by atoms with van der Waals surface area (Å²) in [6.07, 6.45) is -4.87. The van der Waals surface area contributed by atoms with Gasteiger partial charge in [-0.3, -0.25) is 0 Å². The third kappa shape index (κ3) is 5.35. The molecule has 1 amide bonds. The fraction of sp³-hybridized carbons (Fsp3) is 0.231. The first-order chi connectivity index (χ1) is 10.2. The summed E-state index contributed by atoms with van der Waals surface area (Å²) in [5.74, 6) is -2.31. The summed E-state index contributed by atoms with van der Waals surface area (Å²) < 4.78 is 45.3. The van der Waals surface area contributed by atoms with E-state index in [4.69, 9.17) is 5.11 Å². The molecule has 6 nitrogen and oxygen atoms in total. The molecule has 0 saturated carbocycles. The van der Waals surface area contributed by atoms with Crippen molar-refractivity contribution in [2.75, 3.05) is 6.61 Å². The van der Waals surface area contributed by atoms with Crippen molar-refractivity contribution in [2.45, 2.75) is 12.4 Å². The summed E-state index contributed by atoms with van der Waals surface area (Å²) in [5, 5.41) is 11.0. The summed E-state index contributed by atoms with van der Waals surface area (Å²) in [7, 11) is 0. The van der Waals surface area contributed by atoms with Crippen LogP contribution in [0.25, 0.3) is 0 Å². The number of carbonyl (C=O) groups is 2. The molecule has 0 saturated heterocycles. The molecule has 9 heteroatoms. The SMILES string of the molecule is C=CCOC(=O)NC(C(=O)O)c1ccccc1OC(F)(F)F. The molecule has 2 N–H and O–H groups in total. The first-order valence-electron chi connectivity index (χ1n) is 5.86. The summed E-state index contributed by atoms with van der Waals surface area (Å²) in [4.78, 5) is 22.6. The fourth-order valence-corrected chi connectivity index (χ4v) is 1.50. The average molecular weight is 319 g/mol. The Morgan fingerprint density at radius 1 is 1.36 bits per heavy atom. The van der Waals surface area contributed by atoms with Crippen LogP contribution in [0.15, 0.2) is 36.9 Å². The molecule has 1 aromatic carbocycles. The van der Waals surface area contributed by atoms with Crippen LogP contribution in [-0.2, 0) is 9.53 Å². The van der Waals surface area contributed by atoms with E-state index in [1.54, 1.807) is 0 Å². The van der Waals surface area contributed by atoms with Crippen molar-refractivity contribution in [3.8, 4) is 5.75 Å². The number of hydrogen-bond donors (Lipinski definition) is 2. The molecule has 1 aromatic rings. The van der Waals surface area contributed by atoms with Crippen molar-refractivity contribution in [1.29, 1.82) is 0 Å². The Morgan fingerprint density at radius 3 is 2.55 bits per heavy atom. The molecule has 1 atom stereocenters. The number of para-hydroxylation sites is 1. The van der Waals surface area contributed by atoms with Gasteiger partial charge in [-0.15, -0.1) is 13.2 Å². The van der Waals surface area contributed by atoms with E-state index in [2.05, 4.69) is 16.1 Å². The molecule has 0 radical (unpaired) electrons. The Morgan fingerprint density at radius 2 is 2.00 bits per heavy atom. The van der Waals surface area contributed by atoms with Crippen molar-refractivity contribution < 1.29 is 37.3 Å². The summed E-state index contributed by atoms with van der Waals surface area (Å²) in [6, 6.07) is 2.81. The number of benzene rings is 1. The van der Waals surface area contributed by atoms with Crippen molar-refractivity contribution in [1.82, 2.24) is 5.32 Å². The highest BCUT2D eigenvalue weighted by atomic mass is 19.4. The van der Waals surface area contributed by atoms with E-state index in [0.29, 0.717) is 0 Å². The van der Waals surface area contributed by atoms with Crippen molar-refractivity contribution in [3.63, 3.8) is 0 Å². The van der Waals surface area contributed by atoms with Crippen molar-refractivity contribution >= 4 is 12.1 Å². The third-order valence-electron chi connectivity index (χ3n) is 2.30. The van der Waals surface area contributed by atoms with Gasteiger partial charge in [0.05, 0.1) is 0 Å². The van der Waals surface area contributed by atoms with Gasteiger partial charge in [-0.1, -0.05) is 30.9 Å². The fourth-order valence-electron chi connectivity index (χ4n) is 1.50. The Bertz CT molecular complexity index is 559. The van der Waals surface area contributed by atoms with Crippen LogP contribution in [0.4, 0.5) is 18.0 Å². The second-order valence-corrected chi connectivity index (χ2v) is 3.89. The first kappa shape index (κ1) is 17.3. The zero-order valence-electron chi connectivity index (χ0n) is 11.1. The lowest BCUT2D eigenvalue weighted by atomic mass is 10.1. The van der Waals surface area contributed by atoms with Crippen LogP contribution < -0.4 is 10.1 Å². The largest absolute Gasteiger partial charge is 0.573 e. The lowest BCUT2D eigenvalue weighted by molar-refractivity contribution is -0.275. The smallest absolute Gasteiger partial charge is 0.479 e. The molecule has 0 aromatic heterocycles. The topological polar surface area (TPSA) is 84.9 Å². The highest BCUT2D eigenvalue weighted by molar-refractivity contribution is 5.82. The van der Waals surface area contributed by atoms with Crippen molar-refractivity contribution in [3.05, 3.63) is 42.5 Å². The minimum Gasteiger partial charge on any atom is -0.479 e. The van der Waals surface area contributed by atoms with E-state index in [-0.39, 0.29) is 12.2 Å². The second-order valence-electron chi connectivity index (χ2n) is 3.89. The molecule has 0 fully saturated rings. The zero-order chi connectivity index (χ0) is 16.8. The molecule has 0 spiro atoms. The minimum atomic E-state index is -5.00. The highest BCUT2D eigenvalue weighted by Gasteiger charge is 2.34. The second kappa shape index (κ2) is 7.34. The van der Waals surface area contributed by atoms with Crippen LogP contribution >= 0.6 is 0 Å². The molecule has 1 rings (SSSR count). The van der Waals surface area contributed by atoms with Gasteiger partial charge in [0.1, 0.15) is 12.4 Å². The van der Waals surface area contributed by atoms with Crippen LogP contribution in [0.5, 0.6) is 5.75 Å². The number of ether oxygens (including phenoxy) is 2. The molecular formula is C13H12F3NO5. The third-order valence-corrected chi connectivity index (χ3v) is 2.30. The van der Waals surface area contributed by atoms with Gasteiger partial charge in [0.25, 0.3) is 0 Å². The Kier molecular flexibility index (Phi) is 5.79. The van der Waals surface area contributed by atoms with E-state index in [1.165, 1.54) is 18.2 Å². The molecule has 0 heterocycles. The van der Waals surface area contributed by atoms with E-state index in [1.807, 2.05) is 5.32 Å². The zero-order valence-corrected chi connectivity index (χ0v) is 11.1. The number of aliphatic carboxylic acids is 1. The van der Waals surface area contributed by atoms with Gasteiger partial charge in [0.2, 0.25) is 0 Å². The maximum atomic E-state index is 12.3. The summed E-state index contributed by atoms with van der Waals surface area (Å²) in [5.41, 5.74) is -0.372. The van der Waals surface area contributed by atoms with Crippen LogP contribution in [0.2, 0.25) is 0 Å². The number of halogens is 3. The van der Waals surface area contributed by atoms with E-state index in [9.17, 15) is 22.8 Å². The number of hydrogen-bond acceptors (Lipinski definition) is 4. The average Bonchev–Trinajstić information content (AvgIpc) is 2.41. The van der Waals surface area contributed by atoms with E-state index >= 15 is 0 Å². The number of carboxylic acids is 1. The molecule has 120 valence electrons. The number of amides is 1. The van der Waals surface area contributed by atoms with Gasteiger partial charge in [0, 0.05) is 5.56 Å². The number of alkyl halides is 3. The summed E-state index contributed by atoms with van der Waals surface area (Å²) >= 11 is 0. The number of nitrogens with one attached hydrogen (secondary N) is 1. The van der Waals surface area contributed by atoms with Crippen LogP contribution in [0.3, 0.4) is 0 Å². The lowest BCUT2D eigenvalue weighted by Gasteiger charge is -2.18. The predicted octanol–water partition coefficient (Wildman–Crippen LogP) is 2.62. The maximum Gasteiger partial charge on any atom is 0.573 e. The molecule has 0 aliphatic carbocycles. The van der Waals surface area contributed by atoms with Crippen LogP contribution in [0.1, 0.15) is 11.6 Å². The monoisotopic (exact) mass is 319 g/mol.